The van der Waals surface area contributed by atoms with Crippen molar-refractivity contribution in [2.75, 3.05) is 0 Å². The molecule has 0 radical (unpaired) electrons. The predicted molar refractivity (Wildman–Crippen MR) is 48.1 cm³/mol. The quantitative estimate of drug-likeness (QED) is 0.730. The van der Waals surface area contributed by atoms with Gasteiger partial charge < -0.3 is 4.98 Å². The number of imidazole rings is 1. The van der Waals surface area contributed by atoms with Gasteiger partial charge in [-0.2, -0.15) is 5.26 Å². The SMILES string of the molecule is N#CCn1c(=O)[nH]c2ccc(F)cc21. The average molecular weight is 191 g/mol. The van der Waals surface area contributed by atoms with Gasteiger partial charge in [0.25, 0.3) is 0 Å². The minimum Gasteiger partial charge on any atom is -0.306 e. The number of hydrogen-bond acceptors (Lipinski definition) is 2. The summed E-state index contributed by atoms with van der Waals surface area (Å²) in [6.45, 7) is -0.0811. The summed E-state index contributed by atoms with van der Waals surface area (Å²) in [5.41, 5.74) is 0.551. The molecule has 0 spiro atoms. The number of nitriles is 1. The molecule has 0 unspecified atom stereocenters. The standard InChI is InChI=1S/C9H6FN3O/c10-6-1-2-7-8(5-6)13(4-3-11)9(14)12-7/h1-2,5H,4H2,(H,12,14). The molecule has 2 aromatic rings. The highest BCUT2D eigenvalue weighted by atomic mass is 19.1. The van der Waals surface area contributed by atoms with E-state index < -0.39 is 11.5 Å². The summed E-state index contributed by atoms with van der Waals surface area (Å²) in [5.74, 6) is -0.428. The average Bonchev–Trinajstić information content (AvgIpc) is 2.45. The van der Waals surface area contributed by atoms with Gasteiger partial charge in [-0.1, -0.05) is 0 Å². The molecule has 14 heavy (non-hydrogen) atoms. The van der Waals surface area contributed by atoms with Crippen LogP contribution >= 0.6 is 0 Å². The van der Waals surface area contributed by atoms with Crippen molar-refractivity contribution in [1.82, 2.24) is 9.55 Å². The van der Waals surface area contributed by atoms with E-state index in [1.54, 1.807) is 0 Å². The van der Waals surface area contributed by atoms with Gasteiger partial charge >= 0.3 is 5.69 Å². The lowest BCUT2D eigenvalue weighted by molar-refractivity contribution is 0.628. The number of aromatic amines is 1. The number of halogens is 1. The Morgan fingerprint density at radius 3 is 3.07 bits per heavy atom. The van der Waals surface area contributed by atoms with Crippen LogP contribution in [-0.4, -0.2) is 9.55 Å². The third-order valence-electron chi connectivity index (χ3n) is 1.97. The Labute approximate surface area is 78.2 Å². The molecule has 70 valence electrons. The molecule has 0 atom stereocenters. The molecule has 0 saturated heterocycles. The van der Waals surface area contributed by atoms with E-state index in [4.69, 9.17) is 5.26 Å². The number of rotatable bonds is 1. The topological polar surface area (TPSA) is 61.6 Å². The van der Waals surface area contributed by atoms with Gasteiger partial charge in [0.2, 0.25) is 0 Å². The van der Waals surface area contributed by atoms with Crippen molar-refractivity contribution in [3.8, 4) is 6.07 Å². The molecule has 1 N–H and O–H groups in total. The van der Waals surface area contributed by atoms with Crippen LogP contribution in [0.5, 0.6) is 0 Å². The molecule has 0 aliphatic heterocycles. The van der Waals surface area contributed by atoms with Crippen LogP contribution in [0.1, 0.15) is 0 Å². The van der Waals surface area contributed by atoms with Crippen LogP contribution in [-0.2, 0) is 6.54 Å². The van der Waals surface area contributed by atoms with Crippen molar-refractivity contribution in [1.29, 1.82) is 5.26 Å². The molecular formula is C9H6FN3O. The number of hydrogen-bond donors (Lipinski definition) is 1. The van der Waals surface area contributed by atoms with E-state index in [1.165, 1.54) is 22.8 Å². The van der Waals surface area contributed by atoms with E-state index in [2.05, 4.69) is 4.98 Å². The van der Waals surface area contributed by atoms with Crippen molar-refractivity contribution in [3.05, 3.63) is 34.5 Å². The van der Waals surface area contributed by atoms with Gasteiger partial charge in [0.05, 0.1) is 17.1 Å². The lowest BCUT2D eigenvalue weighted by Crippen LogP contribution is -2.15. The Morgan fingerprint density at radius 1 is 1.57 bits per heavy atom. The van der Waals surface area contributed by atoms with E-state index in [0.29, 0.717) is 11.0 Å². The second-order valence-electron chi connectivity index (χ2n) is 2.84. The van der Waals surface area contributed by atoms with Gasteiger partial charge in [-0.25, -0.2) is 9.18 Å². The third-order valence-corrected chi connectivity index (χ3v) is 1.97. The van der Waals surface area contributed by atoms with Gasteiger partial charge in [0.1, 0.15) is 12.4 Å². The van der Waals surface area contributed by atoms with E-state index in [1.807, 2.05) is 6.07 Å². The Morgan fingerprint density at radius 2 is 2.36 bits per heavy atom. The molecule has 1 aromatic carbocycles. The minimum atomic E-state index is -0.428. The van der Waals surface area contributed by atoms with Crippen molar-refractivity contribution in [2.24, 2.45) is 0 Å². The first-order chi connectivity index (χ1) is 6.72. The largest absolute Gasteiger partial charge is 0.327 e. The highest BCUT2D eigenvalue weighted by Gasteiger charge is 2.06. The van der Waals surface area contributed by atoms with Crippen LogP contribution in [0.25, 0.3) is 11.0 Å². The molecule has 1 heterocycles. The van der Waals surface area contributed by atoms with Gasteiger partial charge in [-0.15, -0.1) is 0 Å². The maximum Gasteiger partial charge on any atom is 0.327 e. The lowest BCUT2D eigenvalue weighted by atomic mass is 10.3. The van der Waals surface area contributed by atoms with E-state index in [9.17, 15) is 9.18 Å². The third kappa shape index (κ3) is 1.17. The molecule has 0 aliphatic rings. The van der Waals surface area contributed by atoms with Crippen LogP contribution in [0.15, 0.2) is 23.0 Å². The zero-order valence-electron chi connectivity index (χ0n) is 7.12. The molecular weight excluding hydrogens is 185 g/mol. The summed E-state index contributed by atoms with van der Waals surface area (Å²) < 4.78 is 14.0. The van der Waals surface area contributed by atoms with Crippen LogP contribution in [0.4, 0.5) is 4.39 Å². The highest BCUT2D eigenvalue weighted by molar-refractivity contribution is 5.75. The number of fused-ring (bicyclic) bond motifs is 1. The second kappa shape index (κ2) is 3.00. The molecule has 0 amide bonds. The number of H-pyrrole nitrogens is 1. The predicted octanol–water partition coefficient (Wildman–Crippen LogP) is 0.992. The fourth-order valence-corrected chi connectivity index (χ4v) is 1.35. The maximum absolute atomic E-state index is 12.9. The Bertz CT molecular complexity index is 576. The summed E-state index contributed by atoms with van der Waals surface area (Å²) >= 11 is 0. The number of nitrogens with one attached hydrogen (secondary N) is 1. The minimum absolute atomic E-state index is 0.0811. The van der Waals surface area contributed by atoms with Gasteiger partial charge in [0, 0.05) is 0 Å². The van der Waals surface area contributed by atoms with Crippen molar-refractivity contribution >= 4 is 11.0 Å². The molecule has 2 rings (SSSR count). The first-order valence-electron chi connectivity index (χ1n) is 3.97. The molecule has 1 aromatic heterocycles. The van der Waals surface area contributed by atoms with E-state index in [-0.39, 0.29) is 6.54 Å². The fraction of sp³-hybridized carbons (Fsp3) is 0.111. The summed E-state index contributed by atoms with van der Waals surface area (Å²) in [6, 6.07) is 5.80. The summed E-state index contributed by atoms with van der Waals surface area (Å²) in [4.78, 5) is 13.8. The zero-order valence-corrected chi connectivity index (χ0v) is 7.12. The maximum atomic E-state index is 12.9. The molecule has 4 nitrogen and oxygen atoms in total. The molecule has 0 aliphatic carbocycles. The normalized spacial score (nSPS) is 10.3. The fourth-order valence-electron chi connectivity index (χ4n) is 1.35. The van der Waals surface area contributed by atoms with Crippen molar-refractivity contribution in [2.45, 2.75) is 6.54 Å². The van der Waals surface area contributed by atoms with Gasteiger partial charge in [-0.3, -0.25) is 4.57 Å². The van der Waals surface area contributed by atoms with Crippen molar-refractivity contribution in [3.63, 3.8) is 0 Å². The highest BCUT2D eigenvalue weighted by Crippen LogP contribution is 2.11. The van der Waals surface area contributed by atoms with Crippen LogP contribution in [0.2, 0.25) is 0 Å². The molecule has 0 fully saturated rings. The monoisotopic (exact) mass is 191 g/mol. The second-order valence-corrected chi connectivity index (χ2v) is 2.84. The number of aromatic nitrogens is 2. The first-order valence-corrected chi connectivity index (χ1v) is 3.97. The Kier molecular flexibility index (Phi) is 1.82. The van der Waals surface area contributed by atoms with Gasteiger partial charge in [-0.05, 0) is 18.2 Å². The lowest BCUT2D eigenvalue weighted by Gasteiger charge is -1.95. The molecule has 0 saturated carbocycles. The summed E-state index contributed by atoms with van der Waals surface area (Å²) in [5, 5.41) is 8.47. The van der Waals surface area contributed by atoms with Gasteiger partial charge in [0.15, 0.2) is 0 Å². The summed E-state index contributed by atoms with van der Waals surface area (Å²) in [7, 11) is 0. The molecule has 0 bridgehead atoms. The first kappa shape index (κ1) is 8.51. The molecule has 5 heteroatoms. The van der Waals surface area contributed by atoms with Crippen LogP contribution < -0.4 is 5.69 Å². The smallest absolute Gasteiger partial charge is 0.306 e. The zero-order chi connectivity index (χ0) is 10.1. The van der Waals surface area contributed by atoms with Crippen LogP contribution in [0.3, 0.4) is 0 Å². The number of benzene rings is 1. The Hall–Kier alpha value is -2.09. The van der Waals surface area contributed by atoms with Crippen molar-refractivity contribution < 1.29 is 4.39 Å². The van der Waals surface area contributed by atoms with Crippen LogP contribution in [0, 0.1) is 17.1 Å². The van der Waals surface area contributed by atoms with E-state index >= 15 is 0 Å². The Balaban J connectivity index is 2.81. The number of nitrogens with zero attached hydrogens (tertiary/aromatic N) is 2. The summed E-state index contributed by atoms with van der Waals surface area (Å²) in [6.07, 6.45) is 0. The van der Waals surface area contributed by atoms with E-state index in [0.717, 1.165) is 0 Å².